The molecule has 1 rings (SSSR count). The van der Waals surface area contributed by atoms with Crippen LogP contribution in [0.5, 0.6) is 0 Å². The van der Waals surface area contributed by atoms with Crippen LogP contribution in [-0.4, -0.2) is 30.0 Å². The lowest BCUT2D eigenvalue weighted by molar-refractivity contribution is -0.157. The van der Waals surface area contributed by atoms with Crippen LogP contribution in [0, 0.1) is 5.92 Å². The Kier molecular flexibility index (Phi) is 11.3. The van der Waals surface area contributed by atoms with Crippen molar-refractivity contribution in [3.63, 3.8) is 0 Å². The summed E-state index contributed by atoms with van der Waals surface area (Å²) in [6.45, 7) is 12.8. The van der Waals surface area contributed by atoms with E-state index in [2.05, 4.69) is 18.5 Å². The molecule has 6 nitrogen and oxygen atoms in total. The minimum Gasteiger partial charge on any atom is -0.460 e. The Bertz CT molecular complexity index is 736. The highest BCUT2D eigenvalue weighted by Gasteiger charge is 2.26. The number of carbonyl (C=O) groups excluding carboxylic acids is 3. The number of hydrogen-bond donors (Lipinski definition) is 1. The normalized spacial score (nSPS) is 12.9. The Hall–Kier alpha value is -2.89. The highest BCUT2D eigenvalue weighted by Crippen LogP contribution is 2.19. The molecule has 0 aromatic heterocycles. The zero-order valence-corrected chi connectivity index (χ0v) is 18.9. The summed E-state index contributed by atoms with van der Waals surface area (Å²) in [5, 5.41) is 2.82. The van der Waals surface area contributed by atoms with Crippen LogP contribution in [0.15, 0.2) is 55.6 Å². The van der Waals surface area contributed by atoms with E-state index in [0.29, 0.717) is 12.8 Å². The molecule has 0 heterocycles. The molecule has 0 aliphatic rings. The molecule has 0 saturated carbocycles. The van der Waals surface area contributed by atoms with E-state index in [1.165, 1.54) is 0 Å². The zero-order chi connectivity index (χ0) is 23.3. The lowest BCUT2D eigenvalue weighted by Crippen LogP contribution is -2.36. The summed E-state index contributed by atoms with van der Waals surface area (Å²) in [4.78, 5) is 37.1. The van der Waals surface area contributed by atoms with Crippen molar-refractivity contribution in [2.75, 3.05) is 6.54 Å². The summed E-state index contributed by atoms with van der Waals surface area (Å²) in [6.07, 6.45) is 4.70. The molecule has 1 aromatic carbocycles. The van der Waals surface area contributed by atoms with Crippen molar-refractivity contribution in [2.45, 2.75) is 64.6 Å². The van der Waals surface area contributed by atoms with Crippen LogP contribution in [-0.2, 0) is 23.9 Å². The van der Waals surface area contributed by atoms with Crippen LogP contribution in [0.1, 0.15) is 64.5 Å². The Labute approximate surface area is 185 Å². The Morgan fingerprint density at radius 3 is 2.32 bits per heavy atom. The molecule has 0 aliphatic heterocycles. The quantitative estimate of drug-likeness (QED) is 0.280. The molecule has 170 valence electrons. The third-order valence-corrected chi connectivity index (χ3v) is 4.35. The highest BCUT2D eigenvalue weighted by molar-refractivity contribution is 5.84. The zero-order valence-electron chi connectivity index (χ0n) is 18.9. The summed E-state index contributed by atoms with van der Waals surface area (Å²) < 4.78 is 10.9. The molecule has 0 spiro atoms. The van der Waals surface area contributed by atoms with E-state index in [1.54, 1.807) is 32.9 Å². The van der Waals surface area contributed by atoms with Gasteiger partial charge in [-0.1, -0.05) is 42.5 Å². The second-order valence-corrected chi connectivity index (χ2v) is 8.33. The maximum atomic E-state index is 12.7. The van der Waals surface area contributed by atoms with Gasteiger partial charge >= 0.3 is 11.9 Å². The minimum absolute atomic E-state index is 0.0491. The molecular formula is C25H35NO5. The first-order valence-electron chi connectivity index (χ1n) is 10.6. The molecule has 0 fully saturated rings. The molecule has 1 N–H and O–H groups in total. The Balaban J connectivity index is 2.77. The average molecular weight is 430 g/mol. The Morgan fingerprint density at radius 1 is 1.06 bits per heavy atom. The number of ether oxygens (including phenoxy) is 2. The number of allylic oxidation sites excluding steroid dienone is 2. The number of hydrogen-bond acceptors (Lipinski definition) is 5. The van der Waals surface area contributed by atoms with Crippen LogP contribution < -0.4 is 5.32 Å². The van der Waals surface area contributed by atoms with E-state index in [-0.39, 0.29) is 31.3 Å². The summed E-state index contributed by atoms with van der Waals surface area (Å²) in [5.41, 5.74) is 0.164. The van der Waals surface area contributed by atoms with Gasteiger partial charge < -0.3 is 14.8 Å². The lowest BCUT2D eigenvalue weighted by Gasteiger charge is -2.23. The number of rotatable bonds is 13. The average Bonchev–Trinajstić information content (AvgIpc) is 2.70. The van der Waals surface area contributed by atoms with Gasteiger partial charge in [0.05, 0.1) is 18.9 Å². The van der Waals surface area contributed by atoms with Gasteiger partial charge in [-0.25, -0.2) is 0 Å². The van der Waals surface area contributed by atoms with Gasteiger partial charge in [-0.2, -0.15) is 0 Å². The van der Waals surface area contributed by atoms with Gasteiger partial charge in [-0.05, 0) is 45.6 Å². The molecule has 2 atom stereocenters. The third kappa shape index (κ3) is 11.2. The largest absolute Gasteiger partial charge is 0.460 e. The van der Waals surface area contributed by atoms with Crippen LogP contribution in [0.25, 0.3) is 0 Å². The second-order valence-electron chi connectivity index (χ2n) is 8.33. The predicted octanol–water partition coefficient (Wildman–Crippen LogP) is 4.67. The van der Waals surface area contributed by atoms with Gasteiger partial charge in [0.1, 0.15) is 11.7 Å². The maximum absolute atomic E-state index is 12.7. The van der Waals surface area contributed by atoms with Gasteiger partial charge in [0.25, 0.3) is 0 Å². The maximum Gasteiger partial charge on any atom is 0.307 e. The molecule has 1 aromatic rings. The fraction of sp³-hybridized carbons (Fsp3) is 0.480. The van der Waals surface area contributed by atoms with E-state index >= 15 is 0 Å². The first-order valence-corrected chi connectivity index (χ1v) is 10.6. The molecule has 1 amide bonds. The van der Waals surface area contributed by atoms with E-state index in [1.807, 2.05) is 30.3 Å². The summed E-state index contributed by atoms with van der Waals surface area (Å²) in [7, 11) is 0. The fourth-order valence-electron chi connectivity index (χ4n) is 2.91. The number of esters is 2. The van der Waals surface area contributed by atoms with E-state index in [4.69, 9.17) is 9.47 Å². The van der Waals surface area contributed by atoms with Gasteiger partial charge in [-0.15, -0.1) is 13.2 Å². The smallest absolute Gasteiger partial charge is 0.307 e. The number of unbranched alkanes of at least 4 members (excludes halogenated alkanes) is 1. The van der Waals surface area contributed by atoms with Crippen LogP contribution >= 0.6 is 0 Å². The SMILES string of the molecule is C=CCCCC(=O)O[C@@H](CNC(=O)C(CC=C)CC(=O)OC(C)(C)C)c1ccccc1. The standard InChI is InChI=1S/C25H35NO5/c1-6-8-10-16-22(27)30-21(19-14-11-9-12-15-19)18-26-24(29)20(13-7-2)17-23(28)31-25(3,4)5/h6-7,9,11-12,14-15,20-21H,1-2,8,10,13,16-18H2,3-5H3,(H,26,29)/t20?,21-/m0/s1. The second kappa shape index (κ2) is 13.4. The monoisotopic (exact) mass is 429 g/mol. The summed E-state index contributed by atoms with van der Waals surface area (Å²) in [6, 6.07) is 9.25. The summed E-state index contributed by atoms with van der Waals surface area (Å²) >= 11 is 0. The van der Waals surface area contributed by atoms with Gasteiger partial charge in [0, 0.05) is 6.42 Å². The predicted molar refractivity (Wildman–Crippen MR) is 121 cm³/mol. The Morgan fingerprint density at radius 2 is 1.74 bits per heavy atom. The van der Waals surface area contributed by atoms with Crippen LogP contribution in [0.2, 0.25) is 0 Å². The molecule has 1 unspecified atom stereocenters. The third-order valence-electron chi connectivity index (χ3n) is 4.35. The molecule has 6 heteroatoms. The van der Waals surface area contributed by atoms with E-state index < -0.39 is 23.6 Å². The first kappa shape index (κ1) is 26.1. The number of benzene rings is 1. The molecule has 31 heavy (non-hydrogen) atoms. The van der Waals surface area contributed by atoms with Crippen molar-refractivity contribution in [3.05, 3.63) is 61.2 Å². The van der Waals surface area contributed by atoms with Crippen molar-refractivity contribution >= 4 is 17.8 Å². The molecule has 0 saturated heterocycles. The van der Waals surface area contributed by atoms with Crippen molar-refractivity contribution < 1.29 is 23.9 Å². The molecule has 0 radical (unpaired) electrons. The van der Waals surface area contributed by atoms with E-state index in [9.17, 15) is 14.4 Å². The van der Waals surface area contributed by atoms with Crippen molar-refractivity contribution in [1.29, 1.82) is 0 Å². The van der Waals surface area contributed by atoms with Crippen molar-refractivity contribution in [3.8, 4) is 0 Å². The molecule has 0 aliphatic carbocycles. The van der Waals surface area contributed by atoms with Crippen molar-refractivity contribution in [1.82, 2.24) is 5.32 Å². The summed E-state index contributed by atoms with van der Waals surface area (Å²) in [5.74, 6) is -1.69. The van der Waals surface area contributed by atoms with Gasteiger partial charge in [0.2, 0.25) is 5.91 Å². The van der Waals surface area contributed by atoms with E-state index in [0.717, 1.165) is 12.0 Å². The van der Waals surface area contributed by atoms with Gasteiger partial charge in [-0.3, -0.25) is 14.4 Å². The van der Waals surface area contributed by atoms with Gasteiger partial charge in [0.15, 0.2) is 0 Å². The van der Waals surface area contributed by atoms with Crippen LogP contribution in [0.4, 0.5) is 0 Å². The minimum atomic E-state index is -0.621. The highest BCUT2D eigenvalue weighted by atomic mass is 16.6. The van der Waals surface area contributed by atoms with Crippen molar-refractivity contribution in [2.24, 2.45) is 5.92 Å². The topological polar surface area (TPSA) is 81.7 Å². The lowest BCUT2D eigenvalue weighted by atomic mass is 10.00. The van der Waals surface area contributed by atoms with Crippen LogP contribution in [0.3, 0.4) is 0 Å². The molecular weight excluding hydrogens is 394 g/mol. The fourth-order valence-corrected chi connectivity index (χ4v) is 2.91. The molecule has 0 bridgehead atoms. The number of nitrogens with one attached hydrogen (secondary N) is 1. The first-order chi connectivity index (χ1) is 14.7. The number of carbonyl (C=O) groups is 3. The number of amides is 1.